The number of hydrogen-bond acceptors (Lipinski definition) is 4. The average molecular weight is 399 g/mol. The van der Waals surface area contributed by atoms with Crippen LogP contribution in [0, 0.1) is 0 Å². The van der Waals surface area contributed by atoms with Gasteiger partial charge in [-0.3, -0.25) is 9.78 Å². The molecule has 28 heavy (non-hydrogen) atoms. The number of carbonyl (C=O) groups is 1. The second kappa shape index (κ2) is 8.31. The van der Waals surface area contributed by atoms with Gasteiger partial charge in [0.15, 0.2) is 5.11 Å². The summed E-state index contributed by atoms with van der Waals surface area (Å²) in [5.74, 6) is -0.230. The molecule has 2 aliphatic rings. The fourth-order valence-electron chi connectivity index (χ4n) is 4.36. The Morgan fingerprint density at radius 2 is 2.14 bits per heavy atom. The van der Waals surface area contributed by atoms with Gasteiger partial charge >= 0.3 is 5.97 Å². The normalized spacial score (nSPS) is 22.5. The Balaban J connectivity index is 1.64. The number of aromatic nitrogens is 2. The fourth-order valence-corrected chi connectivity index (χ4v) is 4.69. The smallest absolute Gasteiger partial charge is 0.307 e. The lowest BCUT2D eigenvalue weighted by Gasteiger charge is -2.27. The maximum atomic E-state index is 11.7. The van der Waals surface area contributed by atoms with Crippen LogP contribution in [-0.4, -0.2) is 39.2 Å². The second-order valence-electron chi connectivity index (χ2n) is 7.48. The van der Waals surface area contributed by atoms with E-state index in [9.17, 15) is 4.79 Å². The van der Waals surface area contributed by atoms with Crippen molar-refractivity contribution in [1.29, 1.82) is 0 Å². The van der Waals surface area contributed by atoms with Crippen LogP contribution >= 0.6 is 12.2 Å². The summed E-state index contributed by atoms with van der Waals surface area (Å²) < 4.78 is 7.17. The summed E-state index contributed by atoms with van der Waals surface area (Å²) in [6.45, 7) is 0.515. The lowest BCUT2D eigenvalue weighted by molar-refractivity contribution is -0.140. The number of rotatable bonds is 6. The van der Waals surface area contributed by atoms with Crippen LogP contribution in [0.4, 0.5) is 0 Å². The van der Waals surface area contributed by atoms with Gasteiger partial charge in [0.2, 0.25) is 0 Å². The number of ether oxygens (including phenoxy) is 1. The first kappa shape index (κ1) is 18.9. The summed E-state index contributed by atoms with van der Waals surface area (Å²) in [6, 6.07) is 8.64. The highest BCUT2D eigenvalue weighted by Gasteiger charge is 2.40. The number of thiocarbonyl (C=S) groups is 1. The Hall–Kier alpha value is -2.41. The van der Waals surface area contributed by atoms with Crippen LogP contribution < -0.4 is 5.32 Å². The van der Waals surface area contributed by atoms with Gasteiger partial charge in [-0.15, -0.1) is 0 Å². The van der Waals surface area contributed by atoms with Gasteiger partial charge in [0.25, 0.3) is 0 Å². The van der Waals surface area contributed by atoms with Gasteiger partial charge in [0.1, 0.15) is 0 Å². The van der Waals surface area contributed by atoms with Crippen LogP contribution in [0.15, 0.2) is 42.9 Å². The lowest BCUT2D eigenvalue weighted by atomic mass is 9.99. The SMILES string of the molecule is COC(=O)CCN1C(=S)N[C@H](c2ccccn2)[C@H]1c1ccn(C2CCCC2)c1. The Morgan fingerprint density at radius 1 is 1.32 bits per heavy atom. The Kier molecular flexibility index (Phi) is 5.62. The summed E-state index contributed by atoms with van der Waals surface area (Å²) in [4.78, 5) is 18.4. The highest BCUT2D eigenvalue weighted by molar-refractivity contribution is 7.80. The topological polar surface area (TPSA) is 59.4 Å². The summed E-state index contributed by atoms with van der Waals surface area (Å²) in [6.07, 6.45) is 11.6. The van der Waals surface area contributed by atoms with E-state index in [0.29, 0.717) is 24.1 Å². The van der Waals surface area contributed by atoms with E-state index in [1.54, 1.807) is 6.20 Å². The van der Waals surface area contributed by atoms with Crippen LogP contribution in [0.25, 0.3) is 0 Å². The van der Waals surface area contributed by atoms with Crippen LogP contribution in [0.1, 0.15) is 61.5 Å². The number of nitrogens with one attached hydrogen (secondary N) is 1. The standard InChI is InChI=1S/C21H26N4O2S/c1-27-18(26)10-13-25-20(15-9-12-24(14-15)16-6-2-3-7-16)19(23-21(25)28)17-8-4-5-11-22-17/h4-5,8-9,11-12,14,16,19-20H,2-3,6-7,10,13H2,1H3,(H,23,28)/t19-,20-/m1/s1. The molecule has 0 bridgehead atoms. The van der Waals surface area contributed by atoms with Gasteiger partial charge in [-0.2, -0.15) is 0 Å². The van der Waals surface area contributed by atoms with Crippen molar-refractivity contribution in [3.05, 3.63) is 54.1 Å². The van der Waals surface area contributed by atoms with Gasteiger partial charge in [-0.05, 0) is 48.8 Å². The minimum Gasteiger partial charge on any atom is -0.469 e. The predicted octanol–water partition coefficient (Wildman–Crippen LogP) is 3.53. The van der Waals surface area contributed by atoms with E-state index in [1.807, 2.05) is 18.2 Å². The first-order chi connectivity index (χ1) is 13.7. The first-order valence-corrected chi connectivity index (χ1v) is 10.3. The number of hydrogen-bond donors (Lipinski definition) is 1. The van der Waals surface area contributed by atoms with Crippen molar-refractivity contribution in [3.63, 3.8) is 0 Å². The van der Waals surface area contributed by atoms with E-state index in [1.165, 1.54) is 38.4 Å². The third kappa shape index (κ3) is 3.76. The van der Waals surface area contributed by atoms with E-state index in [0.717, 1.165) is 5.69 Å². The van der Waals surface area contributed by atoms with Crippen molar-refractivity contribution < 1.29 is 9.53 Å². The van der Waals surface area contributed by atoms with Crippen molar-refractivity contribution in [2.24, 2.45) is 0 Å². The molecule has 0 spiro atoms. The molecule has 7 heteroatoms. The molecule has 0 radical (unpaired) electrons. The maximum absolute atomic E-state index is 11.7. The number of methoxy groups -OCH3 is 1. The van der Waals surface area contributed by atoms with E-state index in [-0.39, 0.29) is 18.1 Å². The van der Waals surface area contributed by atoms with Crippen molar-refractivity contribution >= 4 is 23.3 Å². The monoisotopic (exact) mass is 398 g/mol. The largest absolute Gasteiger partial charge is 0.469 e. The lowest BCUT2D eigenvalue weighted by Crippen LogP contribution is -2.31. The van der Waals surface area contributed by atoms with Crippen molar-refractivity contribution in [3.8, 4) is 0 Å². The molecule has 4 rings (SSSR count). The molecule has 1 saturated heterocycles. The number of esters is 1. The highest BCUT2D eigenvalue weighted by Crippen LogP contribution is 2.40. The summed E-state index contributed by atoms with van der Waals surface area (Å²) in [5.41, 5.74) is 2.14. The Morgan fingerprint density at radius 3 is 2.86 bits per heavy atom. The average Bonchev–Trinajstić information content (AvgIpc) is 3.46. The zero-order valence-corrected chi connectivity index (χ0v) is 16.9. The van der Waals surface area contributed by atoms with E-state index >= 15 is 0 Å². The third-order valence-electron chi connectivity index (χ3n) is 5.81. The van der Waals surface area contributed by atoms with Gasteiger partial charge in [-0.1, -0.05) is 18.9 Å². The molecule has 2 aromatic heterocycles. The molecule has 1 N–H and O–H groups in total. The van der Waals surface area contributed by atoms with E-state index in [2.05, 4.69) is 38.2 Å². The number of pyridine rings is 1. The van der Waals surface area contributed by atoms with Gasteiger partial charge < -0.3 is 19.5 Å². The fraction of sp³-hybridized carbons (Fsp3) is 0.476. The third-order valence-corrected chi connectivity index (χ3v) is 6.16. The molecule has 2 fully saturated rings. The van der Waals surface area contributed by atoms with Gasteiger partial charge in [-0.25, -0.2) is 0 Å². The zero-order chi connectivity index (χ0) is 19.5. The number of nitrogens with zero attached hydrogens (tertiary/aromatic N) is 3. The van der Waals surface area contributed by atoms with E-state index < -0.39 is 0 Å². The molecule has 3 heterocycles. The van der Waals surface area contributed by atoms with Crippen molar-refractivity contribution in [2.45, 2.75) is 50.2 Å². The van der Waals surface area contributed by atoms with Crippen molar-refractivity contribution in [2.75, 3.05) is 13.7 Å². The molecule has 0 unspecified atom stereocenters. The molecule has 148 valence electrons. The molecule has 1 saturated carbocycles. The summed E-state index contributed by atoms with van der Waals surface area (Å²) in [7, 11) is 1.42. The minimum absolute atomic E-state index is 0.00490. The van der Waals surface area contributed by atoms with Crippen LogP contribution in [0.2, 0.25) is 0 Å². The number of carbonyl (C=O) groups excluding carboxylic acids is 1. The minimum atomic E-state index is -0.230. The summed E-state index contributed by atoms with van der Waals surface area (Å²) >= 11 is 5.62. The van der Waals surface area contributed by atoms with Gasteiger partial charge in [0, 0.05) is 31.2 Å². The molecular formula is C21H26N4O2S. The van der Waals surface area contributed by atoms with Crippen molar-refractivity contribution in [1.82, 2.24) is 19.8 Å². The Bertz CT molecular complexity index is 832. The Labute approximate surface area is 170 Å². The molecule has 0 amide bonds. The quantitative estimate of drug-likeness (QED) is 0.593. The van der Waals surface area contributed by atoms with Crippen LogP contribution in [-0.2, 0) is 9.53 Å². The predicted molar refractivity (Wildman–Crippen MR) is 111 cm³/mol. The molecule has 6 nitrogen and oxygen atoms in total. The van der Waals surface area contributed by atoms with Crippen LogP contribution in [0.5, 0.6) is 0 Å². The molecule has 1 aliphatic heterocycles. The first-order valence-electron chi connectivity index (χ1n) is 9.89. The highest BCUT2D eigenvalue weighted by atomic mass is 32.1. The molecule has 2 aromatic rings. The summed E-state index contributed by atoms with van der Waals surface area (Å²) in [5, 5.41) is 4.07. The van der Waals surface area contributed by atoms with E-state index in [4.69, 9.17) is 17.0 Å². The van der Waals surface area contributed by atoms with Gasteiger partial charge in [0.05, 0.1) is 31.3 Å². The second-order valence-corrected chi connectivity index (χ2v) is 7.86. The van der Waals surface area contributed by atoms with Crippen LogP contribution in [0.3, 0.4) is 0 Å². The molecular weight excluding hydrogens is 372 g/mol. The molecule has 2 atom stereocenters. The zero-order valence-electron chi connectivity index (χ0n) is 16.1. The molecule has 1 aliphatic carbocycles. The maximum Gasteiger partial charge on any atom is 0.307 e. The molecule has 0 aromatic carbocycles.